The number of nitrogens with two attached hydrogens (primary N) is 1. The average Bonchev–Trinajstić information content (AvgIpc) is 2.77. The molecule has 1 aromatic heterocycles. The van der Waals surface area contributed by atoms with Gasteiger partial charge >= 0.3 is 0 Å². The lowest BCUT2D eigenvalue weighted by Crippen LogP contribution is -2.47. The van der Waals surface area contributed by atoms with Gasteiger partial charge in [0.15, 0.2) is 0 Å². The van der Waals surface area contributed by atoms with E-state index in [1.165, 1.54) is 16.2 Å². The highest BCUT2D eigenvalue weighted by molar-refractivity contribution is 7.10. The van der Waals surface area contributed by atoms with Gasteiger partial charge in [0.05, 0.1) is 6.54 Å². The van der Waals surface area contributed by atoms with Crippen LogP contribution in [0.25, 0.3) is 0 Å². The Morgan fingerprint density at radius 1 is 1.47 bits per heavy atom. The molecule has 0 aliphatic heterocycles. The topological polar surface area (TPSA) is 75.4 Å². The van der Waals surface area contributed by atoms with E-state index in [0.29, 0.717) is 0 Å². The Labute approximate surface area is 117 Å². The van der Waals surface area contributed by atoms with E-state index in [1.807, 2.05) is 38.3 Å². The van der Waals surface area contributed by atoms with Crippen molar-refractivity contribution in [3.8, 4) is 0 Å². The number of thiophene rings is 1. The molecule has 1 unspecified atom stereocenters. The number of carbonyl (C=O) groups excluding carboxylic acids is 2. The first-order valence-corrected chi connectivity index (χ1v) is 6.93. The van der Waals surface area contributed by atoms with Crippen molar-refractivity contribution >= 4 is 23.2 Å². The van der Waals surface area contributed by atoms with Crippen molar-refractivity contribution in [1.82, 2.24) is 10.2 Å². The third-order valence-corrected chi connectivity index (χ3v) is 3.34. The van der Waals surface area contributed by atoms with Crippen molar-refractivity contribution in [1.29, 1.82) is 0 Å². The molecule has 3 N–H and O–H groups in total. The normalized spacial score (nSPS) is 12.9. The molecule has 0 bridgehead atoms. The smallest absolute Gasteiger partial charge is 0.245 e. The molecule has 0 aromatic carbocycles. The summed E-state index contributed by atoms with van der Waals surface area (Å²) >= 11 is 1.43. The number of nitrogens with one attached hydrogen (secondary N) is 1. The average molecular weight is 283 g/mol. The van der Waals surface area contributed by atoms with E-state index in [2.05, 4.69) is 5.32 Å². The minimum atomic E-state index is -0.701. The van der Waals surface area contributed by atoms with Crippen molar-refractivity contribution in [2.75, 3.05) is 13.6 Å². The lowest BCUT2D eigenvalue weighted by atomic mass is 10.1. The highest BCUT2D eigenvalue weighted by Crippen LogP contribution is 2.18. The summed E-state index contributed by atoms with van der Waals surface area (Å²) in [4.78, 5) is 26.0. The van der Waals surface area contributed by atoms with Crippen LogP contribution in [0, 0.1) is 0 Å². The minimum Gasteiger partial charge on any atom is -0.350 e. The molecule has 6 heteroatoms. The van der Waals surface area contributed by atoms with Gasteiger partial charge in [-0.15, -0.1) is 11.3 Å². The van der Waals surface area contributed by atoms with Gasteiger partial charge in [0.2, 0.25) is 11.8 Å². The molecule has 0 saturated carbocycles. The van der Waals surface area contributed by atoms with Crippen LogP contribution in [0.4, 0.5) is 0 Å². The van der Waals surface area contributed by atoms with Gasteiger partial charge in [-0.3, -0.25) is 9.59 Å². The monoisotopic (exact) mass is 283 g/mol. The van der Waals surface area contributed by atoms with E-state index >= 15 is 0 Å². The largest absolute Gasteiger partial charge is 0.350 e. The Bertz CT molecular complexity index is 437. The van der Waals surface area contributed by atoms with Crippen molar-refractivity contribution < 1.29 is 9.59 Å². The van der Waals surface area contributed by atoms with Crippen LogP contribution in [0.15, 0.2) is 17.5 Å². The zero-order valence-electron chi connectivity index (χ0n) is 11.8. The summed E-state index contributed by atoms with van der Waals surface area (Å²) in [7, 11) is 1.58. The maximum atomic E-state index is 12.1. The van der Waals surface area contributed by atoms with E-state index in [4.69, 9.17) is 5.73 Å². The number of carbonyl (C=O) groups is 2. The van der Waals surface area contributed by atoms with Gasteiger partial charge in [0.1, 0.15) is 6.04 Å². The SMILES string of the molecule is CN(CC(=O)NC(C)(C)C)C(=O)C(N)c1cccs1. The molecule has 2 amide bonds. The van der Waals surface area contributed by atoms with E-state index in [1.54, 1.807) is 7.05 Å². The van der Waals surface area contributed by atoms with Crippen molar-refractivity contribution in [3.63, 3.8) is 0 Å². The summed E-state index contributed by atoms with van der Waals surface area (Å²) in [6.07, 6.45) is 0. The lowest BCUT2D eigenvalue weighted by Gasteiger charge is -2.24. The van der Waals surface area contributed by atoms with Gasteiger partial charge < -0.3 is 16.0 Å². The molecule has 0 radical (unpaired) electrons. The summed E-state index contributed by atoms with van der Waals surface area (Å²) < 4.78 is 0. The van der Waals surface area contributed by atoms with Gasteiger partial charge in [0.25, 0.3) is 0 Å². The van der Waals surface area contributed by atoms with Crippen LogP contribution >= 0.6 is 11.3 Å². The highest BCUT2D eigenvalue weighted by Gasteiger charge is 2.23. The second-order valence-corrected chi connectivity index (χ2v) is 6.46. The third-order valence-electron chi connectivity index (χ3n) is 2.39. The third kappa shape index (κ3) is 5.00. The lowest BCUT2D eigenvalue weighted by molar-refractivity contribution is -0.136. The molecule has 0 spiro atoms. The van der Waals surface area contributed by atoms with Gasteiger partial charge in [-0.2, -0.15) is 0 Å². The summed E-state index contributed by atoms with van der Waals surface area (Å²) in [5, 5.41) is 4.68. The van der Waals surface area contributed by atoms with Crippen molar-refractivity contribution in [3.05, 3.63) is 22.4 Å². The number of nitrogens with zero attached hydrogens (tertiary/aromatic N) is 1. The number of amides is 2. The fourth-order valence-corrected chi connectivity index (χ4v) is 2.30. The van der Waals surface area contributed by atoms with E-state index in [0.717, 1.165) is 4.88 Å². The molecule has 1 aromatic rings. The Balaban J connectivity index is 2.56. The second kappa shape index (κ2) is 6.16. The van der Waals surface area contributed by atoms with E-state index < -0.39 is 6.04 Å². The van der Waals surface area contributed by atoms with Crippen LogP contribution in [-0.4, -0.2) is 35.8 Å². The molecule has 19 heavy (non-hydrogen) atoms. The predicted molar refractivity (Wildman–Crippen MR) is 76.8 cm³/mol. The Hall–Kier alpha value is -1.40. The first-order valence-electron chi connectivity index (χ1n) is 6.05. The summed E-state index contributed by atoms with van der Waals surface area (Å²) in [5.74, 6) is -0.451. The molecule has 0 fully saturated rings. The highest BCUT2D eigenvalue weighted by atomic mass is 32.1. The molecule has 0 aliphatic carbocycles. The van der Waals surface area contributed by atoms with E-state index in [9.17, 15) is 9.59 Å². The Morgan fingerprint density at radius 3 is 2.58 bits per heavy atom. The number of hydrogen-bond donors (Lipinski definition) is 2. The van der Waals surface area contributed by atoms with Crippen molar-refractivity contribution in [2.24, 2.45) is 5.73 Å². The fourth-order valence-electron chi connectivity index (χ4n) is 1.58. The fraction of sp³-hybridized carbons (Fsp3) is 0.538. The van der Waals surface area contributed by atoms with Crippen LogP contribution in [-0.2, 0) is 9.59 Å². The maximum Gasteiger partial charge on any atom is 0.245 e. The van der Waals surface area contributed by atoms with Crippen LogP contribution in [0.3, 0.4) is 0 Å². The number of rotatable bonds is 4. The van der Waals surface area contributed by atoms with Crippen LogP contribution < -0.4 is 11.1 Å². The van der Waals surface area contributed by atoms with Gasteiger partial charge in [-0.25, -0.2) is 0 Å². The summed E-state index contributed by atoms with van der Waals surface area (Å²) in [5.41, 5.74) is 5.57. The quantitative estimate of drug-likeness (QED) is 0.869. The molecule has 0 aliphatic rings. The van der Waals surface area contributed by atoms with Crippen molar-refractivity contribution in [2.45, 2.75) is 32.4 Å². The van der Waals surface area contributed by atoms with Crippen LogP contribution in [0.2, 0.25) is 0 Å². The summed E-state index contributed by atoms with van der Waals surface area (Å²) in [6, 6.07) is 2.96. The predicted octanol–water partition coefficient (Wildman–Crippen LogP) is 1.12. The van der Waals surface area contributed by atoms with Gasteiger partial charge in [0, 0.05) is 17.5 Å². The molecule has 1 rings (SSSR count). The Kier molecular flexibility index (Phi) is 5.08. The standard InChI is InChI=1S/C13H21N3O2S/c1-13(2,3)15-10(17)8-16(4)12(18)11(14)9-6-5-7-19-9/h5-7,11H,8,14H2,1-4H3,(H,15,17). The number of hydrogen-bond acceptors (Lipinski definition) is 4. The second-order valence-electron chi connectivity index (χ2n) is 5.49. The van der Waals surface area contributed by atoms with Gasteiger partial charge in [-0.05, 0) is 32.2 Å². The van der Waals surface area contributed by atoms with Gasteiger partial charge in [-0.1, -0.05) is 6.07 Å². The molecular formula is C13H21N3O2S. The molecule has 0 saturated heterocycles. The zero-order valence-corrected chi connectivity index (χ0v) is 12.6. The summed E-state index contributed by atoms with van der Waals surface area (Å²) in [6.45, 7) is 5.69. The Morgan fingerprint density at radius 2 is 2.11 bits per heavy atom. The van der Waals surface area contributed by atoms with Crippen LogP contribution in [0.5, 0.6) is 0 Å². The first-order chi connectivity index (χ1) is 8.70. The van der Waals surface area contributed by atoms with Crippen LogP contribution in [0.1, 0.15) is 31.7 Å². The minimum absolute atomic E-state index is 0.00911. The molecule has 1 heterocycles. The number of likely N-dealkylation sites (N-methyl/N-ethyl adjacent to an activating group) is 1. The maximum absolute atomic E-state index is 12.1. The molecule has 1 atom stereocenters. The molecule has 5 nitrogen and oxygen atoms in total. The first kappa shape index (κ1) is 15.7. The molecular weight excluding hydrogens is 262 g/mol. The molecule has 106 valence electrons. The zero-order chi connectivity index (χ0) is 14.6. The van der Waals surface area contributed by atoms with E-state index in [-0.39, 0.29) is 23.9 Å².